The molecule has 2 N–H and O–H groups in total. The first-order valence-corrected chi connectivity index (χ1v) is 7.10. The Morgan fingerprint density at radius 1 is 1.32 bits per heavy atom. The van der Waals surface area contributed by atoms with Crippen molar-refractivity contribution in [2.24, 2.45) is 5.92 Å². The van der Waals surface area contributed by atoms with E-state index in [0.717, 1.165) is 12.8 Å². The standard InChI is InChI=1S/C16H13N3O3/c20-14(9-3-4-9)18-10-5-6-13-11(8-10)15(21)19-12-2-1-7-17-16(12)22-13/h1-2,5-9H,3-4H2,(H,18,20)(H,19,21). The van der Waals surface area contributed by atoms with Gasteiger partial charge in [0.2, 0.25) is 11.8 Å². The van der Waals surface area contributed by atoms with Crippen LogP contribution in [-0.4, -0.2) is 16.8 Å². The molecule has 1 fully saturated rings. The van der Waals surface area contributed by atoms with Gasteiger partial charge in [0.1, 0.15) is 11.4 Å². The summed E-state index contributed by atoms with van der Waals surface area (Å²) in [7, 11) is 0. The maximum absolute atomic E-state index is 12.3. The third kappa shape index (κ3) is 2.28. The van der Waals surface area contributed by atoms with Gasteiger partial charge in [-0.1, -0.05) is 0 Å². The number of nitrogens with zero attached hydrogens (tertiary/aromatic N) is 1. The van der Waals surface area contributed by atoms with Crippen LogP contribution < -0.4 is 15.4 Å². The van der Waals surface area contributed by atoms with Crippen LogP contribution in [0.5, 0.6) is 11.6 Å². The predicted molar refractivity (Wildman–Crippen MR) is 80.1 cm³/mol. The summed E-state index contributed by atoms with van der Waals surface area (Å²) in [6.45, 7) is 0. The van der Waals surface area contributed by atoms with Crippen LogP contribution in [0.2, 0.25) is 0 Å². The Kier molecular flexibility index (Phi) is 2.82. The summed E-state index contributed by atoms with van der Waals surface area (Å²) in [5.41, 5.74) is 1.48. The zero-order valence-electron chi connectivity index (χ0n) is 11.6. The molecule has 0 unspecified atom stereocenters. The van der Waals surface area contributed by atoms with Crippen molar-refractivity contribution in [1.82, 2.24) is 4.98 Å². The van der Waals surface area contributed by atoms with Gasteiger partial charge in [-0.15, -0.1) is 0 Å². The Morgan fingerprint density at radius 3 is 3.00 bits per heavy atom. The summed E-state index contributed by atoms with van der Waals surface area (Å²) >= 11 is 0. The Balaban J connectivity index is 1.67. The first-order valence-electron chi connectivity index (χ1n) is 7.10. The third-order valence-electron chi connectivity index (χ3n) is 3.67. The summed E-state index contributed by atoms with van der Waals surface area (Å²) in [4.78, 5) is 28.2. The highest BCUT2D eigenvalue weighted by Crippen LogP contribution is 2.35. The van der Waals surface area contributed by atoms with Crippen molar-refractivity contribution in [2.45, 2.75) is 12.8 Å². The van der Waals surface area contributed by atoms with Crippen molar-refractivity contribution in [2.75, 3.05) is 10.6 Å². The Morgan fingerprint density at radius 2 is 2.18 bits per heavy atom. The summed E-state index contributed by atoms with van der Waals surface area (Å²) in [5, 5.41) is 5.58. The fraction of sp³-hybridized carbons (Fsp3) is 0.188. The van der Waals surface area contributed by atoms with Crippen molar-refractivity contribution >= 4 is 23.2 Å². The number of pyridine rings is 1. The fourth-order valence-electron chi connectivity index (χ4n) is 2.33. The molecule has 0 radical (unpaired) electrons. The topological polar surface area (TPSA) is 80.3 Å². The van der Waals surface area contributed by atoms with Crippen molar-refractivity contribution in [3.05, 3.63) is 42.1 Å². The number of ether oxygens (including phenoxy) is 1. The number of carbonyl (C=O) groups is 2. The van der Waals surface area contributed by atoms with E-state index in [9.17, 15) is 9.59 Å². The molecule has 1 aliphatic carbocycles. The first kappa shape index (κ1) is 12.8. The number of rotatable bonds is 2. The van der Waals surface area contributed by atoms with Crippen molar-refractivity contribution in [3.8, 4) is 11.6 Å². The molecule has 2 aromatic rings. The van der Waals surface area contributed by atoms with Gasteiger partial charge in [-0.3, -0.25) is 9.59 Å². The smallest absolute Gasteiger partial charge is 0.259 e. The van der Waals surface area contributed by atoms with E-state index in [0.29, 0.717) is 28.6 Å². The van der Waals surface area contributed by atoms with Crippen LogP contribution in [0.15, 0.2) is 36.5 Å². The first-order chi connectivity index (χ1) is 10.7. The molecule has 0 atom stereocenters. The van der Waals surface area contributed by atoms with Gasteiger partial charge >= 0.3 is 0 Å². The molecule has 2 heterocycles. The molecule has 0 spiro atoms. The van der Waals surface area contributed by atoms with Crippen LogP contribution >= 0.6 is 0 Å². The minimum absolute atomic E-state index is 0.000138. The van der Waals surface area contributed by atoms with Crippen molar-refractivity contribution in [1.29, 1.82) is 0 Å². The van der Waals surface area contributed by atoms with Crippen LogP contribution in [-0.2, 0) is 4.79 Å². The highest BCUT2D eigenvalue weighted by molar-refractivity contribution is 6.08. The highest BCUT2D eigenvalue weighted by Gasteiger charge is 2.30. The van der Waals surface area contributed by atoms with Gasteiger partial charge in [0.05, 0.1) is 5.56 Å². The van der Waals surface area contributed by atoms with Gasteiger partial charge < -0.3 is 15.4 Å². The molecule has 1 saturated carbocycles. The number of anilines is 2. The van der Waals surface area contributed by atoms with Crippen LogP contribution in [0.4, 0.5) is 11.4 Å². The Hall–Kier alpha value is -2.89. The molecule has 4 rings (SSSR count). The van der Waals surface area contributed by atoms with Crippen molar-refractivity contribution < 1.29 is 14.3 Å². The SMILES string of the molecule is O=C1Nc2cccnc2Oc2ccc(NC(=O)C3CC3)cc21. The van der Waals surface area contributed by atoms with Crippen LogP contribution in [0.3, 0.4) is 0 Å². The number of aromatic nitrogens is 1. The van der Waals surface area contributed by atoms with E-state index in [1.54, 1.807) is 36.5 Å². The average molecular weight is 295 g/mol. The number of amides is 2. The number of nitrogens with one attached hydrogen (secondary N) is 2. The second kappa shape index (κ2) is 4.84. The largest absolute Gasteiger partial charge is 0.436 e. The van der Waals surface area contributed by atoms with E-state index in [2.05, 4.69) is 15.6 Å². The number of hydrogen-bond acceptors (Lipinski definition) is 4. The lowest BCUT2D eigenvalue weighted by atomic mass is 10.1. The molecule has 1 aromatic heterocycles. The van der Waals surface area contributed by atoms with Gasteiger partial charge in [0.25, 0.3) is 5.91 Å². The zero-order valence-corrected chi connectivity index (χ0v) is 11.6. The highest BCUT2D eigenvalue weighted by atomic mass is 16.5. The van der Waals surface area contributed by atoms with Gasteiger partial charge in [0.15, 0.2) is 0 Å². The van der Waals surface area contributed by atoms with Gasteiger partial charge in [-0.05, 0) is 43.2 Å². The van der Waals surface area contributed by atoms with E-state index in [-0.39, 0.29) is 17.7 Å². The fourth-order valence-corrected chi connectivity index (χ4v) is 2.33. The van der Waals surface area contributed by atoms with Crippen LogP contribution in [0.25, 0.3) is 0 Å². The van der Waals surface area contributed by atoms with E-state index < -0.39 is 0 Å². The maximum atomic E-state index is 12.3. The van der Waals surface area contributed by atoms with E-state index in [1.807, 2.05) is 0 Å². The molecule has 1 aliphatic heterocycles. The van der Waals surface area contributed by atoms with Crippen LogP contribution in [0.1, 0.15) is 23.2 Å². The maximum Gasteiger partial charge on any atom is 0.259 e. The monoisotopic (exact) mass is 295 g/mol. The van der Waals surface area contributed by atoms with E-state index >= 15 is 0 Å². The lowest BCUT2D eigenvalue weighted by Crippen LogP contribution is -2.15. The molecule has 0 saturated heterocycles. The Bertz CT molecular complexity index is 784. The molecule has 2 aliphatic rings. The second-order valence-corrected chi connectivity index (χ2v) is 5.39. The summed E-state index contributed by atoms with van der Waals surface area (Å²) in [5.74, 6) is 0.588. The van der Waals surface area contributed by atoms with Crippen molar-refractivity contribution in [3.63, 3.8) is 0 Å². The normalized spacial score (nSPS) is 15.7. The number of benzene rings is 1. The second-order valence-electron chi connectivity index (χ2n) is 5.39. The molecule has 6 nitrogen and oxygen atoms in total. The molecule has 110 valence electrons. The molecule has 22 heavy (non-hydrogen) atoms. The van der Waals surface area contributed by atoms with Gasteiger partial charge in [0, 0.05) is 17.8 Å². The lowest BCUT2D eigenvalue weighted by Gasteiger charge is -2.09. The van der Waals surface area contributed by atoms with E-state index in [1.165, 1.54) is 0 Å². The number of hydrogen-bond donors (Lipinski definition) is 2. The number of carbonyl (C=O) groups excluding carboxylic acids is 2. The molecular weight excluding hydrogens is 282 g/mol. The number of fused-ring (bicyclic) bond motifs is 2. The van der Waals surface area contributed by atoms with Crippen LogP contribution in [0, 0.1) is 5.92 Å². The molecular formula is C16H13N3O3. The Labute approximate surface area is 126 Å². The average Bonchev–Trinajstić information content (AvgIpc) is 3.35. The lowest BCUT2D eigenvalue weighted by molar-refractivity contribution is -0.117. The third-order valence-corrected chi connectivity index (χ3v) is 3.67. The van der Waals surface area contributed by atoms with Gasteiger partial charge in [-0.25, -0.2) is 4.98 Å². The zero-order chi connectivity index (χ0) is 15.1. The minimum atomic E-state index is -0.288. The quantitative estimate of drug-likeness (QED) is 0.892. The van der Waals surface area contributed by atoms with E-state index in [4.69, 9.17) is 4.74 Å². The molecule has 2 amide bonds. The predicted octanol–water partition coefficient (Wildman–Crippen LogP) is 2.79. The molecule has 6 heteroatoms. The summed E-state index contributed by atoms with van der Waals surface area (Å²) < 4.78 is 5.69. The molecule has 0 bridgehead atoms. The minimum Gasteiger partial charge on any atom is -0.436 e. The molecule has 1 aromatic carbocycles. The summed E-state index contributed by atoms with van der Waals surface area (Å²) in [6.07, 6.45) is 3.46. The summed E-state index contributed by atoms with van der Waals surface area (Å²) in [6, 6.07) is 8.46. The van der Waals surface area contributed by atoms with Gasteiger partial charge in [-0.2, -0.15) is 0 Å².